The quantitative estimate of drug-likeness (QED) is 0.853. The third-order valence-corrected chi connectivity index (χ3v) is 5.86. The van der Waals surface area contributed by atoms with Gasteiger partial charge in [-0.1, -0.05) is 0 Å². The van der Waals surface area contributed by atoms with Gasteiger partial charge in [-0.2, -0.15) is 0 Å². The van der Waals surface area contributed by atoms with Crippen molar-refractivity contribution in [2.24, 2.45) is 0 Å². The molecule has 0 amide bonds. The largest absolute Gasteiger partial charge is 0.460 e. The number of hydrogen-bond acceptors (Lipinski definition) is 6. The van der Waals surface area contributed by atoms with Crippen LogP contribution >= 0.6 is 11.3 Å². The standard InChI is InChI=1S/C18H23N3O2S/c1-13-5-8-24-16(13)10-21-11-18(12-21)9-15(4-7-22-18)23-17-19-6-3-14(2)20-17/h3,5-6,8,15H,4,7,9-12H2,1-2H3. The van der Waals surface area contributed by atoms with Gasteiger partial charge in [0.15, 0.2) is 0 Å². The first kappa shape index (κ1) is 16.0. The zero-order valence-electron chi connectivity index (χ0n) is 14.2. The van der Waals surface area contributed by atoms with Crippen LogP contribution in [0.25, 0.3) is 0 Å². The summed E-state index contributed by atoms with van der Waals surface area (Å²) in [5, 5.41) is 2.17. The van der Waals surface area contributed by atoms with Crippen LogP contribution in [0, 0.1) is 13.8 Å². The Bertz CT molecular complexity index is 712. The van der Waals surface area contributed by atoms with Crippen molar-refractivity contribution >= 4 is 11.3 Å². The van der Waals surface area contributed by atoms with Gasteiger partial charge in [0.2, 0.25) is 0 Å². The van der Waals surface area contributed by atoms with Crippen molar-refractivity contribution in [2.45, 2.75) is 44.9 Å². The van der Waals surface area contributed by atoms with Crippen molar-refractivity contribution < 1.29 is 9.47 Å². The van der Waals surface area contributed by atoms with Gasteiger partial charge in [-0.05, 0) is 36.9 Å². The fourth-order valence-electron chi connectivity index (χ4n) is 3.59. The highest BCUT2D eigenvalue weighted by molar-refractivity contribution is 7.10. The number of rotatable bonds is 4. The molecule has 6 heteroatoms. The molecule has 24 heavy (non-hydrogen) atoms. The summed E-state index contributed by atoms with van der Waals surface area (Å²) in [6.07, 6.45) is 3.72. The van der Waals surface area contributed by atoms with E-state index in [4.69, 9.17) is 9.47 Å². The molecule has 4 heterocycles. The average molecular weight is 345 g/mol. The molecule has 1 unspecified atom stereocenters. The van der Waals surface area contributed by atoms with Gasteiger partial charge in [0.25, 0.3) is 0 Å². The van der Waals surface area contributed by atoms with Crippen LogP contribution in [-0.2, 0) is 11.3 Å². The molecule has 128 valence electrons. The summed E-state index contributed by atoms with van der Waals surface area (Å²) in [7, 11) is 0. The van der Waals surface area contributed by atoms with E-state index >= 15 is 0 Å². The van der Waals surface area contributed by atoms with Crippen molar-refractivity contribution in [1.82, 2.24) is 14.9 Å². The van der Waals surface area contributed by atoms with Crippen LogP contribution in [0.3, 0.4) is 0 Å². The molecule has 0 bridgehead atoms. The van der Waals surface area contributed by atoms with Crippen molar-refractivity contribution in [1.29, 1.82) is 0 Å². The average Bonchev–Trinajstić information content (AvgIpc) is 2.91. The molecular formula is C18H23N3O2S. The van der Waals surface area contributed by atoms with E-state index in [0.717, 1.165) is 44.8 Å². The van der Waals surface area contributed by atoms with Gasteiger partial charge in [-0.15, -0.1) is 11.3 Å². The third kappa shape index (κ3) is 3.31. The minimum Gasteiger partial charge on any atom is -0.460 e. The second-order valence-corrected chi connectivity index (χ2v) is 7.92. The Morgan fingerprint density at radius 1 is 1.38 bits per heavy atom. The number of thiophene rings is 1. The van der Waals surface area contributed by atoms with Gasteiger partial charge in [-0.3, -0.25) is 4.90 Å². The molecule has 2 aliphatic heterocycles. The maximum absolute atomic E-state index is 6.11. The minimum atomic E-state index is -0.0437. The molecule has 2 fully saturated rings. The molecule has 2 aromatic heterocycles. The van der Waals surface area contributed by atoms with E-state index in [-0.39, 0.29) is 11.7 Å². The molecule has 0 radical (unpaired) electrons. The van der Waals surface area contributed by atoms with Gasteiger partial charge in [0, 0.05) is 49.2 Å². The molecule has 2 aliphatic rings. The number of nitrogens with zero attached hydrogens (tertiary/aromatic N) is 3. The molecule has 0 saturated carbocycles. The van der Waals surface area contributed by atoms with Crippen LogP contribution in [0.5, 0.6) is 6.01 Å². The van der Waals surface area contributed by atoms with E-state index in [9.17, 15) is 0 Å². The Morgan fingerprint density at radius 3 is 3.00 bits per heavy atom. The van der Waals surface area contributed by atoms with Gasteiger partial charge >= 0.3 is 6.01 Å². The number of aromatic nitrogens is 2. The number of hydrogen-bond donors (Lipinski definition) is 0. The van der Waals surface area contributed by atoms with Crippen LogP contribution in [0.2, 0.25) is 0 Å². The third-order valence-electron chi connectivity index (χ3n) is 4.85. The van der Waals surface area contributed by atoms with Crippen molar-refractivity contribution in [3.63, 3.8) is 0 Å². The van der Waals surface area contributed by atoms with E-state index in [1.54, 1.807) is 6.20 Å². The van der Waals surface area contributed by atoms with Crippen LogP contribution < -0.4 is 4.74 Å². The summed E-state index contributed by atoms with van der Waals surface area (Å²) in [5.74, 6) is 0. The highest BCUT2D eigenvalue weighted by Gasteiger charge is 2.48. The molecule has 2 aromatic rings. The first-order valence-corrected chi connectivity index (χ1v) is 9.35. The lowest BCUT2D eigenvalue weighted by Crippen LogP contribution is -2.65. The Labute approximate surface area is 146 Å². The SMILES string of the molecule is Cc1ccnc(OC2CCOC3(C2)CN(Cc2sccc2C)C3)n1. The van der Waals surface area contributed by atoms with Gasteiger partial charge in [-0.25, -0.2) is 9.97 Å². The number of aryl methyl sites for hydroxylation is 2. The topological polar surface area (TPSA) is 47.5 Å². The molecule has 4 rings (SSSR count). The fraction of sp³-hybridized carbons (Fsp3) is 0.556. The lowest BCUT2D eigenvalue weighted by atomic mass is 9.84. The van der Waals surface area contributed by atoms with E-state index in [1.165, 1.54) is 10.4 Å². The Morgan fingerprint density at radius 2 is 2.25 bits per heavy atom. The van der Waals surface area contributed by atoms with Gasteiger partial charge in [0.1, 0.15) is 6.10 Å². The second kappa shape index (κ2) is 6.43. The van der Waals surface area contributed by atoms with Crippen molar-refractivity contribution in [3.8, 4) is 6.01 Å². The Balaban J connectivity index is 1.33. The lowest BCUT2D eigenvalue weighted by Gasteiger charge is -2.53. The van der Waals surface area contributed by atoms with E-state index in [2.05, 4.69) is 33.2 Å². The van der Waals surface area contributed by atoms with Crippen molar-refractivity contribution in [2.75, 3.05) is 19.7 Å². The van der Waals surface area contributed by atoms with Gasteiger partial charge < -0.3 is 9.47 Å². The second-order valence-electron chi connectivity index (χ2n) is 6.92. The maximum atomic E-state index is 6.11. The van der Waals surface area contributed by atoms with Crippen LogP contribution in [0.15, 0.2) is 23.7 Å². The molecular weight excluding hydrogens is 322 g/mol. The van der Waals surface area contributed by atoms with E-state index in [1.807, 2.05) is 24.3 Å². The predicted molar refractivity (Wildman–Crippen MR) is 93.4 cm³/mol. The van der Waals surface area contributed by atoms with Crippen LogP contribution in [-0.4, -0.2) is 46.3 Å². The smallest absolute Gasteiger partial charge is 0.316 e. The molecule has 0 N–H and O–H groups in total. The molecule has 2 saturated heterocycles. The predicted octanol–water partition coefficient (Wildman–Crippen LogP) is 2.97. The first-order chi connectivity index (χ1) is 11.6. The zero-order chi connectivity index (χ0) is 16.6. The van der Waals surface area contributed by atoms with Crippen LogP contribution in [0.4, 0.5) is 0 Å². The van der Waals surface area contributed by atoms with E-state index < -0.39 is 0 Å². The molecule has 1 atom stereocenters. The highest BCUT2D eigenvalue weighted by Crippen LogP contribution is 2.36. The lowest BCUT2D eigenvalue weighted by molar-refractivity contribution is -0.188. The minimum absolute atomic E-state index is 0.0437. The number of likely N-dealkylation sites (tertiary alicyclic amines) is 1. The van der Waals surface area contributed by atoms with Gasteiger partial charge in [0.05, 0.1) is 12.2 Å². The summed E-state index contributed by atoms with van der Waals surface area (Å²) in [5.41, 5.74) is 2.28. The van der Waals surface area contributed by atoms with E-state index in [0.29, 0.717) is 6.01 Å². The molecule has 0 aromatic carbocycles. The summed E-state index contributed by atoms with van der Waals surface area (Å²) in [6, 6.07) is 4.56. The molecule has 1 spiro atoms. The summed E-state index contributed by atoms with van der Waals surface area (Å²) in [4.78, 5) is 12.5. The first-order valence-electron chi connectivity index (χ1n) is 8.47. The highest BCUT2D eigenvalue weighted by atomic mass is 32.1. The van der Waals surface area contributed by atoms with Crippen LogP contribution in [0.1, 0.15) is 29.0 Å². The monoisotopic (exact) mass is 345 g/mol. The number of ether oxygens (including phenoxy) is 2. The van der Waals surface area contributed by atoms with Crippen molar-refractivity contribution in [3.05, 3.63) is 39.8 Å². The normalized spacial score (nSPS) is 23.2. The Kier molecular flexibility index (Phi) is 4.28. The zero-order valence-corrected chi connectivity index (χ0v) is 15.0. The summed E-state index contributed by atoms with van der Waals surface area (Å²) >= 11 is 1.84. The maximum Gasteiger partial charge on any atom is 0.316 e. The Hall–Kier alpha value is -1.50. The summed E-state index contributed by atoms with van der Waals surface area (Å²) < 4.78 is 12.1. The molecule has 5 nitrogen and oxygen atoms in total. The summed E-state index contributed by atoms with van der Waals surface area (Å²) in [6.45, 7) is 7.89. The molecule has 0 aliphatic carbocycles. The fourth-order valence-corrected chi connectivity index (χ4v) is 4.53.